The molecular weight excluding hydrogens is 228 g/mol. The fourth-order valence-electron chi connectivity index (χ4n) is 4.11. The predicted molar refractivity (Wildman–Crippen MR) is 66.8 cm³/mol. The van der Waals surface area contributed by atoms with Crippen molar-refractivity contribution in [1.82, 2.24) is 0 Å². The third-order valence-corrected chi connectivity index (χ3v) is 4.90. The SMILES string of the molecule is CCOC(=O)C1C2C(=O)CCC21C1=CCCCC1. The highest BCUT2D eigenvalue weighted by Gasteiger charge is 2.75. The van der Waals surface area contributed by atoms with Gasteiger partial charge in [-0.05, 0) is 39.0 Å². The van der Waals surface area contributed by atoms with Gasteiger partial charge in [0, 0.05) is 17.8 Å². The highest BCUT2D eigenvalue weighted by Crippen LogP contribution is 2.71. The Balaban J connectivity index is 1.87. The maximum Gasteiger partial charge on any atom is 0.310 e. The van der Waals surface area contributed by atoms with Crippen LogP contribution in [0.2, 0.25) is 0 Å². The fourth-order valence-corrected chi connectivity index (χ4v) is 4.11. The molecular formula is C15H20O3. The zero-order valence-electron chi connectivity index (χ0n) is 10.9. The van der Waals surface area contributed by atoms with Crippen LogP contribution in [0.25, 0.3) is 0 Å². The van der Waals surface area contributed by atoms with Crippen LogP contribution in [0.4, 0.5) is 0 Å². The van der Waals surface area contributed by atoms with E-state index < -0.39 is 0 Å². The summed E-state index contributed by atoms with van der Waals surface area (Å²) in [7, 11) is 0. The largest absolute Gasteiger partial charge is 0.466 e. The third kappa shape index (κ3) is 1.49. The molecule has 0 N–H and O–H groups in total. The maximum absolute atomic E-state index is 12.0. The minimum Gasteiger partial charge on any atom is -0.466 e. The smallest absolute Gasteiger partial charge is 0.310 e. The van der Waals surface area contributed by atoms with Crippen LogP contribution in [-0.2, 0) is 14.3 Å². The minimum absolute atomic E-state index is 0.0547. The van der Waals surface area contributed by atoms with Crippen LogP contribution in [0.5, 0.6) is 0 Å². The van der Waals surface area contributed by atoms with E-state index in [-0.39, 0.29) is 29.0 Å². The van der Waals surface area contributed by atoms with Crippen LogP contribution in [-0.4, -0.2) is 18.4 Å². The molecule has 98 valence electrons. The molecule has 3 aliphatic rings. The van der Waals surface area contributed by atoms with E-state index >= 15 is 0 Å². The Hall–Kier alpha value is -1.12. The van der Waals surface area contributed by atoms with Crippen LogP contribution in [0.15, 0.2) is 11.6 Å². The first-order chi connectivity index (χ1) is 8.71. The monoisotopic (exact) mass is 248 g/mol. The van der Waals surface area contributed by atoms with E-state index in [2.05, 4.69) is 6.08 Å². The lowest BCUT2D eigenvalue weighted by molar-refractivity contribution is -0.146. The van der Waals surface area contributed by atoms with Crippen LogP contribution in [0.3, 0.4) is 0 Å². The van der Waals surface area contributed by atoms with E-state index in [9.17, 15) is 9.59 Å². The average molecular weight is 248 g/mol. The Morgan fingerprint density at radius 3 is 2.94 bits per heavy atom. The molecule has 0 aromatic rings. The van der Waals surface area contributed by atoms with Gasteiger partial charge in [-0.25, -0.2) is 0 Å². The molecule has 0 amide bonds. The van der Waals surface area contributed by atoms with E-state index in [1.807, 2.05) is 6.92 Å². The molecule has 3 atom stereocenters. The van der Waals surface area contributed by atoms with Gasteiger partial charge in [-0.1, -0.05) is 11.6 Å². The lowest BCUT2D eigenvalue weighted by Crippen LogP contribution is -2.17. The zero-order valence-corrected chi connectivity index (χ0v) is 10.9. The van der Waals surface area contributed by atoms with E-state index in [0.717, 1.165) is 19.3 Å². The molecule has 3 heteroatoms. The van der Waals surface area contributed by atoms with Crippen molar-refractivity contribution in [2.45, 2.75) is 45.4 Å². The molecule has 3 aliphatic carbocycles. The number of hydrogen-bond donors (Lipinski definition) is 0. The summed E-state index contributed by atoms with van der Waals surface area (Å²) in [5.74, 6) is -0.0921. The van der Waals surface area contributed by atoms with Crippen LogP contribution in [0, 0.1) is 17.3 Å². The number of rotatable bonds is 3. The van der Waals surface area contributed by atoms with E-state index in [0.29, 0.717) is 13.0 Å². The first-order valence-corrected chi connectivity index (χ1v) is 7.10. The molecule has 3 unspecified atom stereocenters. The van der Waals surface area contributed by atoms with Crippen molar-refractivity contribution in [1.29, 1.82) is 0 Å². The van der Waals surface area contributed by atoms with Gasteiger partial charge in [0.15, 0.2) is 0 Å². The molecule has 0 radical (unpaired) electrons. The highest BCUT2D eigenvalue weighted by molar-refractivity contribution is 5.97. The number of allylic oxidation sites excluding steroid dienone is 2. The number of Topliss-reactive ketones (excluding diaryl/α,β-unsaturated/α-hetero) is 1. The molecule has 0 aromatic carbocycles. The third-order valence-electron chi connectivity index (χ3n) is 4.90. The topological polar surface area (TPSA) is 43.4 Å². The number of esters is 1. The van der Waals surface area contributed by atoms with Crippen molar-refractivity contribution < 1.29 is 14.3 Å². The van der Waals surface area contributed by atoms with E-state index in [1.54, 1.807) is 0 Å². The minimum atomic E-state index is -0.164. The Morgan fingerprint density at radius 1 is 1.44 bits per heavy atom. The Labute approximate surface area is 108 Å². The fraction of sp³-hybridized carbons (Fsp3) is 0.733. The molecule has 2 saturated carbocycles. The Morgan fingerprint density at radius 2 is 2.28 bits per heavy atom. The normalized spacial score (nSPS) is 38.1. The number of ether oxygens (including phenoxy) is 1. The van der Waals surface area contributed by atoms with Gasteiger partial charge in [-0.2, -0.15) is 0 Å². The quantitative estimate of drug-likeness (QED) is 0.569. The van der Waals surface area contributed by atoms with Gasteiger partial charge in [0.25, 0.3) is 0 Å². The molecule has 3 nitrogen and oxygen atoms in total. The summed E-state index contributed by atoms with van der Waals surface area (Å²) >= 11 is 0. The lowest BCUT2D eigenvalue weighted by Gasteiger charge is -2.22. The van der Waals surface area contributed by atoms with Gasteiger partial charge in [-0.15, -0.1) is 0 Å². The summed E-state index contributed by atoms with van der Waals surface area (Å²) in [6.07, 6.45) is 8.41. The van der Waals surface area contributed by atoms with Gasteiger partial charge in [-0.3, -0.25) is 9.59 Å². The number of fused-ring (bicyclic) bond motifs is 1. The van der Waals surface area contributed by atoms with Crippen LogP contribution >= 0.6 is 0 Å². The molecule has 3 rings (SSSR count). The van der Waals surface area contributed by atoms with Crippen molar-refractivity contribution in [3.63, 3.8) is 0 Å². The molecule has 0 aliphatic heterocycles. The van der Waals surface area contributed by atoms with Gasteiger partial charge in [0.2, 0.25) is 0 Å². The second-order valence-electron chi connectivity index (χ2n) is 5.69. The summed E-state index contributed by atoms with van der Waals surface area (Å²) in [4.78, 5) is 24.0. The second-order valence-corrected chi connectivity index (χ2v) is 5.69. The first-order valence-electron chi connectivity index (χ1n) is 7.10. The molecule has 0 bridgehead atoms. The van der Waals surface area contributed by atoms with Crippen molar-refractivity contribution in [2.24, 2.45) is 17.3 Å². The molecule has 0 spiro atoms. The highest BCUT2D eigenvalue weighted by atomic mass is 16.5. The van der Waals surface area contributed by atoms with Crippen molar-refractivity contribution in [3.05, 3.63) is 11.6 Å². The van der Waals surface area contributed by atoms with Crippen LogP contribution in [0.1, 0.15) is 45.4 Å². The summed E-state index contributed by atoms with van der Waals surface area (Å²) in [5, 5.41) is 0. The van der Waals surface area contributed by atoms with E-state index in [4.69, 9.17) is 4.74 Å². The lowest BCUT2D eigenvalue weighted by atomic mass is 9.83. The van der Waals surface area contributed by atoms with Gasteiger partial charge < -0.3 is 4.74 Å². The summed E-state index contributed by atoms with van der Waals surface area (Å²) in [6.45, 7) is 2.23. The number of hydrogen-bond acceptors (Lipinski definition) is 3. The van der Waals surface area contributed by atoms with Gasteiger partial charge in [0.1, 0.15) is 5.78 Å². The molecule has 2 fully saturated rings. The molecule has 18 heavy (non-hydrogen) atoms. The number of carbonyl (C=O) groups excluding carboxylic acids is 2. The van der Waals surface area contributed by atoms with E-state index in [1.165, 1.54) is 18.4 Å². The van der Waals surface area contributed by atoms with Crippen LogP contribution < -0.4 is 0 Å². The van der Waals surface area contributed by atoms with Crippen molar-refractivity contribution in [3.8, 4) is 0 Å². The van der Waals surface area contributed by atoms with Crippen molar-refractivity contribution >= 4 is 11.8 Å². The Kier molecular flexibility index (Phi) is 2.80. The first kappa shape index (κ1) is 11.9. The van der Waals surface area contributed by atoms with Crippen molar-refractivity contribution in [2.75, 3.05) is 6.61 Å². The second kappa shape index (κ2) is 4.22. The summed E-state index contributed by atoms with van der Waals surface area (Å²) in [6, 6.07) is 0. The molecule has 0 aromatic heterocycles. The zero-order chi connectivity index (χ0) is 12.8. The van der Waals surface area contributed by atoms with Gasteiger partial charge >= 0.3 is 5.97 Å². The molecule has 0 saturated heterocycles. The standard InChI is InChI=1S/C15H20O3/c1-2-18-14(17)13-12-11(16)8-9-15(12,13)10-6-4-3-5-7-10/h6,12-13H,2-5,7-9H2,1H3. The number of ketones is 1. The maximum atomic E-state index is 12.0. The summed E-state index contributed by atoms with van der Waals surface area (Å²) in [5.41, 5.74) is 1.26. The molecule has 0 heterocycles. The predicted octanol–water partition coefficient (Wildman–Crippen LogP) is 2.65. The van der Waals surface area contributed by atoms with Gasteiger partial charge in [0.05, 0.1) is 12.5 Å². The average Bonchev–Trinajstić information content (AvgIpc) is 2.97. The Bertz CT molecular complexity index is 423. The number of carbonyl (C=O) groups is 2. The summed E-state index contributed by atoms with van der Waals surface area (Å²) < 4.78 is 5.15.